The van der Waals surface area contributed by atoms with Gasteiger partial charge in [0.2, 0.25) is 0 Å². The van der Waals surface area contributed by atoms with Crippen LogP contribution in [0.1, 0.15) is 21.7 Å². The van der Waals surface area contributed by atoms with Gasteiger partial charge in [0.25, 0.3) is 5.91 Å². The standard InChI is InChI=1S/C16H15BrN4O2/c1-9-14(16(22)19-18)12(21-20-9)8-23-13-7-6-10-4-2-3-5-11(10)15(13)17/h2-7H,8,18H2,1H3,(H,19,22)(H,20,21). The van der Waals surface area contributed by atoms with Crippen molar-refractivity contribution in [3.05, 3.63) is 57.8 Å². The number of nitrogens with zero attached hydrogens (tertiary/aromatic N) is 1. The van der Waals surface area contributed by atoms with Crippen molar-refractivity contribution >= 4 is 32.6 Å². The number of hydrazine groups is 1. The van der Waals surface area contributed by atoms with Gasteiger partial charge in [0.05, 0.1) is 10.0 Å². The molecule has 0 spiro atoms. The van der Waals surface area contributed by atoms with Gasteiger partial charge in [0.1, 0.15) is 18.1 Å². The first kappa shape index (κ1) is 15.5. The number of carbonyl (C=O) groups is 1. The van der Waals surface area contributed by atoms with Gasteiger partial charge in [-0.05, 0) is 39.7 Å². The molecule has 0 fully saturated rings. The number of nitrogen functional groups attached to an aromatic ring is 1. The molecule has 0 saturated heterocycles. The molecule has 118 valence electrons. The average molecular weight is 375 g/mol. The van der Waals surface area contributed by atoms with Crippen molar-refractivity contribution in [2.75, 3.05) is 0 Å². The van der Waals surface area contributed by atoms with Crippen LogP contribution >= 0.6 is 15.9 Å². The molecule has 6 nitrogen and oxygen atoms in total. The monoisotopic (exact) mass is 374 g/mol. The smallest absolute Gasteiger partial charge is 0.269 e. The number of carbonyl (C=O) groups excluding carboxylic acids is 1. The second-order valence-corrected chi connectivity index (χ2v) is 5.82. The van der Waals surface area contributed by atoms with Gasteiger partial charge in [-0.25, -0.2) is 5.84 Å². The van der Waals surface area contributed by atoms with Gasteiger partial charge >= 0.3 is 0 Å². The molecule has 0 aliphatic rings. The largest absolute Gasteiger partial charge is 0.486 e. The first-order valence-corrected chi connectivity index (χ1v) is 7.76. The maximum absolute atomic E-state index is 11.8. The van der Waals surface area contributed by atoms with E-state index < -0.39 is 5.91 Å². The highest BCUT2D eigenvalue weighted by atomic mass is 79.9. The summed E-state index contributed by atoms with van der Waals surface area (Å²) in [6, 6.07) is 11.9. The summed E-state index contributed by atoms with van der Waals surface area (Å²) in [6.07, 6.45) is 0. The van der Waals surface area contributed by atoms with Crippen molar-refractivity contribution in [2.24, 2.45) is 5.84 Å². The quantitative estimate of drug-likeness (QED) is 0.371. The minimum Gasteiger partial charge on any atom is -0.486 e. The van der Waals surface area contributed by atoms with E-state index in [9.17, 15) is 4.79 Å². The summed E-state index contributed by atoms with van der Waals surface area (Å²) in [4.78, 5) is 11.8. The lowest BCUT2D eigenvalue weighted by atomic mass is 10.1. The number of aryl methyl sites for hydroxylation is 1. The number of fused-ring (bicyclic) bond motifs is 1. The number of hydrogen-bond acceptors (Lipinski definition) is 4. The minimum absolute atomic E-state index is 0.157. The summed E-state index contributed by atoms with van der Waals surface area (Å²) in [7, 11) is 0. The van der Waals surface area contributed by atoms with E-state index in [1.807, 2.05) is 36.4 Å². The van der Waals surface area contributed by atoms with Crippen LogP contribution in [-0.4, -0.2) is 16.1 Å². The van der Waals surface area contributed by atoms with E-state index in [1.54, 1.807) is 6.92 Å². The lowest BCUT2D eigenvalue weighted by Crippen LogP contribution is -2.31. The molecule has 23 heavy (non-hydrogen) atoms. The Balaban J connectivity index is 1.87. The summed E-state index contributed by atoms with van der Waals surface area (Å²) in [5.74, 6) is 5.49. The van der Waals surface area contributed by atoms with Crippen molar-refractivity contribution in [3.63, 3.8) is 0 Å². The lowest BCUT2D eigenvalue weighted by Gasteiger charge is -2.10. The summed E-state index contributed by atoms with van der Waals surface area (Å²) in [5, 5.41) is 9.06. The van der Waals surface area contributed by atoms with Gasteiger partial charge in [0, 0.05) is 5.69 Å². The molecule has 0 radical (unpaired) electrons. The zero-order valence-electron chi connectivity index (χ0n) is 12.4. The maximum atomic E-state index is 11.8. The van der Waals surface area contributed by atoms with Crippen LogP contribution in [0.4, 0.5) is 0 Å². The number of nitrogens with one attached hydrogen (secondary N) is 2. The van der Waals surface area contributed by atoms with Crippen LogP contribution < -0.4 is 16.0 Å². The van der Waals surface area contributed by atoms with Crippen molar-refractivity contribution < 1.29 is 9.53 Å². The summed E-state index contributed by atoms with van der Waals surface area (Å²) < 4.78 is 6.70. The third-order valence-corrected chi connectivity index (χ3v) is 4.39. The Morgan fingerprint density at radius 1 is 1.35 bits per heavy atom. The minimum atomic E-state index is -0.396. The van der Waals surface area contributed by atoms with E-state index in [0.29, 0.717) is 22.7 Å². The van der Waals surface area contributed by atoms with Gasteiger partial charge < -0.3 is 4.74 Å². The van der Waals surface area contributed by atoms with Crippen LogP contribution in [0.25, 0.3) is 10.8 Å². The Bertz CT molecular complexity index is 876. The molecule has 1 aromatic heterocycles. The number of amides is 1. The van der Waals surface area contributed by atoms with E-state index >= 15 is 0 Å². The molecule has 3 aromatic rings. The summed E-state index contributed by atoms with van der Waals surface area (Å²) >= 11 is 3.57. The Morgan fingerprint density at radius 3 is 2.91 bits per heavy atom. The fourth-order valence-corrected chi connectivity index (χ4v) is 3.04. The van der Waals surface area contributed by atoms with Crippen LogP contribution in [0.2, 0.25) is 0 Å². The fraction of sp³-hybridized carbons (Fsp3) is 0.125. The zero-order chi connectivity index (χ0) is 16.4. The van der Waals surface area contributed by atoms with Gasteiger partial charge in [0.15, 0.2) is 0 Å². The Hall–Kier alpha value is -2.38. The summed E-state index contributed by atoms with van der Waals surface area (Å²) in [5.41, 5.74) is 3.67. The summed E-state index contributed by atoms with van der Waals surface area (Å²) in [6.45, 7) is 1.91. The highest BCUT2D eigenvalue weighted by Gasteiger charge is 2.18. The van der Waals surface area contributed by atoms with E-state index in [2.05, 4.69) is 31.6 Å². The van der Waals surface area contributed by atoms with Crippen LogP contribution in [0, 0.1) is 6.92 Å². The van der Waals surface area contributed by atoms with Crippen LogP contribution in [0.3, 0.4) is 0 Å². The third-order valence-electron chi connectivity index (χ3n) is 3.57. The highest BCUT2D eigenvalue weighted by molar-refractivity contribution is 9.10. The second kappa shape index (κ2) is 6.39. The van der Waals surface area contributed by atoms with Gasteiger partial charge in [-0.1, -0.05) is 30.3 Å². The number of halogens is 1. The first-order valence-electron chi connectivity index (χ1n) is 6.96. The van der Waals surface area contributed by atoms with E-state index in [1.165, 1.54) is 0 Å². The molecule has 0 unspecified atom stereocenters. The van der Waals surface area contributed by atoms with Crippen molar-refractivity contribution in [3.8, 4) is 5.75 Å². The zero-order valence-corrected chi connectivity index (χ0v) is 14.0. The average Bonchev–Trinajstić information content (AvgIpc) is 2.94. The predicted molar refractivity (Wildman–Crippen MR) is 91.0 cm³/mol. The predicted octanol–water partition coefficient (Wildman–Crippen LogP) is 2.82. The Morgan fingerprint density at radius 2 is 2.13 bits per heavy atom. The number of aromatic nitrogens is 2. The van der Waals surface area contributed by atoms with E-state index in [4.69, 9.17) is 10.6 Å². The van der Waals surface area contributed by atoms with Crippen LogP contribution in [0.15, 0.2) is 40.9 Å². The van der Waals surface area contributed by atoms with Crippen LogP contribution in [0.5, 0.6) is 5.75 Å². The normalized spacial score (nSPS) is 10.7. The van der Waals surface area contributed by atoms with Gasteiger partial charge in [-0.2, -0.15) is 5.10 Å². The first-order chi connectivity index (χ1) is 11.1. The number of benzene rings is 2. The second-order valence-electron chi connectivity index (χ2n) is 5.03. The molecule has 4 N–H and O–H groups in total. The Kier molecular flexibility index (Phi) is 4.31. The number of H-pyrrole nitrogens is 1. The van der Waals surface area contributed by atoms with Crippen LogP contribution in [-0.2, 0) is 6.61 Å². The van der Waals surface area contributed by atoms with E-state index in [-0.39, 0.29) is 6.61 Å². The molecule has 7 heteroatoms. The topological polar surface area (TPSA) is 93.0 Å². The maximum Gasteiger partial charge on any atom is 0.269 e. The number of nitrogens with two attached hydrogens (primary N) is 1. The molecular weight excluding hydrogens is 360 g/mol. The molecule has 0 aliphatic carbocycles. The molecule has 3 rings (SSSR count). The SMILES string of the molecule is Cc1[nH]nc(COc2ccc3ccccc3c2Br)c1C(=O)NN. The van der Waals surface area contributed by atoms with E-state index in [0.717, 1.165) is 15.2 Å². The third kappa shape index (κ3) is 2.93. The number of aromatic amines is 1. The van der Waals surface area contributed by atoms with Crippen molar-refractivity contribution in [1.82, 2.24) is 15.6 Å². The fourth-order valence-electron chi connectivity index (χ4n) is 2.43. The molecule has 0 atom stereocenters. The molecule has 0 aliphatic heterocycles. The molecule has 1 heterocycles. The molecule has 0 bridgehead atoms. The molecule has 1 amide bonds. The number of ether oxygens (including phenoxy) is 1. The van der Waals surface area contributed by atoms with Gasteiger partial charge in [-0.15, -0.1) is 0 Å². The molecular formula is C16H15BrN4O2. The van der Waals surface area contributed by atoms with Gasteiger partial charge in [-0.3, -0.25) is 15.3 Å². The van der Waals surface area contributed by atoms with Crippen molar-refractivity contribution in [1.29, 1.82) is 0 Å². The number of rotatable bonds is 4. The lowest BCUT2D eigenvalue weighted by molar-refractivity contribution is 0.0950. The van der Waals surface area contributed by atoms with Crippen molar-refractivity contribution in [2.45, 2.75) is 13.5 Å². The highest BCUT2D eigenvalue weighted by Crippen LogP contribution is 2.33. The number of hydrogen-bond donors (Lipinski definition) is 3. The molecule has 2 aromatic carbocycles. The Labute approximate surface area is 141 Å². The molecule has 0 saturated carbocycles.